The van der Waals surface area contributed by atoms with Gasteiger partial charge in [-0.1, -0.05) is 6.92 Å². The van der Waals surface area contributed by atoms with Gasteiger partial charge in [0.25, 0.3) is 0 Å². The van der Waals surface area contributed by atoms with Gasteiger partial charge in [0.05, 0.1) is 0 Å². The van der Waals surface area contributed by atoms with Crippen LogP contribution in [0.5, 0.6) is 0 Å². The third-order valence-electron chi connectivity index (χ3n) is 3.97. The normalized spacial score (nSPS) is 19.8. The molecule has 0 unspecified atom stereocenters. The molecule has 0 aromatic rings. The van der Waals surface area contributed by atoms with E-state index in [4.69, 9.17) is 0 Å². The number of rotatable bonds is 2. The SMILES string of the molecule is CCC(=O)N1CCCN(C(=O)C(C)=C2CNC2)CC1. The fourth-order valence-electron chi connectivity index (χ4n) is 2.50. The summed E-state index contributed by atoms with van der Waals surface area (Å²) >= 11 is 0. The third kappa shape index (κ3) is 3.15. The zero-order chi connectivity index (χ0) is 13.8. The summed E-state index contributed by atoms with van der Waals surface area (Å²) in [5, 5.41) is 3.16. The average molecular weight is 265 g/mol. The lowest BCUT2D eigenvalue weighted by molar-refractivity contribution is -0.131. The van der Waals surface area contributed by atoms with Crippen LogP contribution in [0.3, 0.4) is 0 Å². The predicted octanol–water partition coefficient (Wildman–Crippen LogP) is 0.377. The maximum Gasteiger partial charge on any atom is 0.249 e. The number of hydrogen-bond donors (Lipinski definition) is 1. The summed E-state index contributed by atoms with van der Waals surface area (Å²) in [6.45, 7) is 8.32. The van der Waals surface area contributed by atoms with E-state index in [0.717, 1.165) is 38.2 Å². The summed E-state index contributed by atoms with van der Waals surface area (Å²) < 4.78 is 0. The van der Waals surface area contributed by atoms with E-state index in [1.54, 1.807) is 0 Å². The van der Waals surface area contributed by atoms with E-state index >= 15 is 0 Å². The molecule has 0 aliphatic carbocycles. The summed E-state index contributed by atoms with van der Waals surface area (Å²) in [6.07, 6.45) is 1.42. The Bertz CT molecular complexity index is 397. The van der Waals surface area contributed by atoms with Crippen molar-refractivity contribution in [2.45, 2.75) is 26.7 Å². The van der Waals surface area contributed by atoms with Crippen molar-refractivity contribution in [2.75, 3.05) is 39.3 Å². The highest BCUT2D eigenvalue weighted by atomic mass is 16.2. The van der Waals surface area contributed by atoms with Crippen LogP contribution in [0.15, 0.2) is 11.1 Å². The Kier molecular flexibility index (Phi) is 4.58. The van der Waals surface area contributed by atoms with Crippen molar-refractivity contribution in [1.29, 1.82) is 0 Å². The Morgan fingerprint density at radius 1 is 1.11 bits per heavy atom. The highest BCUT2D eigenvalue weighted by Gasteiger charge is 2.24. The lowest BCUT2D eigenvalue weighted by Gasteiger charge is -2.26. The molecule has 1 N–H and O–H groups in total. The molecular weight excluding hydrogens is 242 g/mol. The number of carbonyl (C=O) groups excluding carboxylic acids is 2. The molecule has 0 radical (unpaired) electrons. The third-order valence-corrected chi connectivity index (χ3v) is 3.97. The summed E-state index contributed by atoms with van der Waals surface area (Å²) in [4.78, 5) is 27.8. The molecule has 2 fully saturated rings. The summed E-state index contributed by atoms with van der Waals surface area (Å²) in [7, 11) is 0. The van der Waals surface area contributed by atoms with Gasteiger partial charge in [-0.3, -0.25) is 9.59 Å². The minimum absolute atomic E-state index is 0.141. The molecule has 2 aliphatic heterocycles. The highest BCUT2D eigenvalue weighted by molar-refractivity contribution is 5.94. The summed E-state index contributed by atoms with van der Waals surface area (Å²) in [5.74, 6) is 0.329. The van der Waals surface area contributed by atoms with Crippen molar-refractivity contribution < 1.29 is 9.59 Å². The van der Waals surface area contributed by atoms with Crippen molar-refractivity contribution in [3.05, 3.63) is 11.1 Å². The molecule has 106 valence electrons. The largest absolute Gasteiger partial charge is 0.341 e. The molecule has 0 bridgehead atoms. The number of nitrogens with one attached hydrogen (secondary N) is 1. The second-order valence-corrected chi connectivity index (χ2v) is 5.21. The van der Waals surface area contributed by atoms with Gasteiger partial charge >= 0.3 is 0 Å². The highest BCUT2D eigenvalue weighted by Crippen LogP contribution is 2.14. The Balaban J connectivity index is 1.95. The Morgan fingerprint density at radius 2 is 1.74 bits per heavy atom. The maximum absolute atomic E-state index is 12.4. The molecular formula is C14H23N3O2. The van der Waals surface area contributed by atoms with Crippen LogP contribution in [0.1, 0.15) is 26.7 Å². The number of nitrogens with zero attached hydrogens (tertiary/aromatic N) is 2. The van der Waals surface area contributed by atoms with Crippen LogP contribution in [0.25, 0.3) is 0 Å². The minimum atomic E-state index is 0.141. The molecule has 19 heavy (non-hydrogen) atoms. The van der Waals surface area contributed by atoms with E-state index in [0.29, 0.717) is 19.5 Å². The molecule has 5 nitrogen and oxygen atoms in total. The molecule has 0 saturated carbocycles. The topological polar surface area (TPSA) is 52.7 Å². The zero-order valence-corrected chi connectivity index (χ0v) is 11.9. The van der Waals surface area contributed by atoms with E-state index in [2.05, 4.69) is 5.32 Å². The van der Waals surface area contributed by atoms with Crippen molar-refractivity contribution >= 4 is 11.8 Å². The van der Waals surface area contributed by atoms with E-state index in [9.17, 15) is 9.59 Å². The van der Waals surface area contributed by atoms with Gasteiger partial charge in [0.1, 0.15) is 0 Å². The standard InChI is InChI=1S/C14H23N3O2/c1-3-13(18)16-5-4-6-17(8-7-16)14(19)11(2)12-9-15-10-12/h15H,3-10H2,1-2H3. The van der Waals surface area contributed by atoms with Gasteiger partial charge in [0.15, 0.2) is 0 Å². The molecule has 5 heteroatoms. The van der Waals surface area contributed by atoms with E-state index < -0.39 is 0 Å². The van der Waals surface area contributed by atoms with Crippen LogP contribution >= 0.6 is 0 Å². The van der Waals surface area contributed by atoms with E-state index in [1.165, 1.54) is 5.57 Å². The Labute approximate surface area is 114 Å². The Hall–Kier alpha value is -1.36. The van der Waals surface area contributed by atoms with Crippen LogP contribution in [0.4, 0.5) is 0 Å². The molecule has 2 rings (SSSR count). The van der Waals surface area contributed by atoms with Gasteiger partial charge in [-0.15, -0.1) is 0 Å². The quantitative estimate of drug-likeness (QED) is 0.734. The number of carbonyl (C=O) groups is 2. The van der Waals surface area contributed by atoms with Crippen molar-refractivity contribution in [3.8, 4) is 0 Å². The van der Waals surface area contributed by atoms with Gasteiger partial charge in [0, 0.05) is 51.3 Å². The first-order chi connectivity index (χ1) is 9.13. The monoisotopic (exact) mass is 265 g/mol. The lowest BCUT2D eigenvalue weighted by Crippen LogP contribution is -2.40. The van der Waals surface area contributed by atoms with Crippen LogP contribution in [0.2, 0.25) is 0 Å². The van der Waals surface area contributed by atoms with Gasteiger partial charge < -0.3 is 15.1 Å². The van der Waals surface area contributed by atoms with Crippen LogP contribution < -0.4 is 5.32 Å². The summed E-state index contributed by atoms with van der Waals surface area (Å²) in [6, 6.07) is 0. The molecule has 2 saturated heterocycles. The molecule has 0 spiro atoms. The fourth-order valence-corrected chi connectivity index (χ4v) is 2.50. The number of amides is 2. The average Bonchev–Trinajstić information content (AvgIpc) is 2.60. The van der Waals surface area contributed by atoms with Crippen molar-refractivity contribution in [1.82, 2.24) is 15.1 Å². The van der Waals surface area contributed by atoms with Crippen LogP contribution in [0, 0.1) is 0 Å². The smallest absolute Gasteiger partial charge is 0.249 e. The molecule has 0 aromatic carbocycles. The van der Waals surface area contributed by atoms with Crippen LogP contribution in [-0.4, -0.2) is 60.9 Å². The Morgan fingerprint density at radius 3 is 2.32 bits per heavy atom. The fraction of sp³-hybridized carbons (Fsp3) is 0.714. The number of hydrogen-bond acceptors (Lipinski definition) is 3. The maximum atomic E-state index is 12.4. The van der Waals surface area contributed by atoms with Gasteiger partial charge in [-0.2, -0.15) is 0 Å². The van der Waals surface area contributed by atoms with Gasteiger partial charge in [0.2, 0.25) is 11.8 Å². The van der Waals surface area contributed by atoms with Crippen molar-refractivity contribution in [3.63, 3.8) is 0 Å². The molecule has 0 atom stereocenters. The zero-order valence-electron chi connectivity index (χ0n) is 11.9. The predicted molar refractivity (Wildman–Crippen MR) is 73.6 cm³/mol. The van der Waals surface area contributed by atoms with Crippen molar-refractivity contribution in [2.24, 2.45) is 0 Å². The molecule has 2 amide bonds. The van der Waals surface area contributed by atoms with Gasteiger partial charge in [-0.05, 0) is 18.9 Å². The lowest BCUT2D eigenvalue weighted by atomic mass is 10.0. The van der Waals surface area contributed by atoms with E-state index in [1.807, 2.05) is 23.6 Å². The molecule has 2 aliphatic rings. The second kappa shape index (κ2) is 6.19. The first kappa shape index (κ1) is 14.1. The molecule has 0 aromatic heterocycles. The molecule has 2 heterocycles. The van der Waals surface area contributed by atoms with Crippen LogP contribution in [-0.2, 0) is 9.59 Å². The first-order valence-electron chi connectivity index (χ1n) is 7.10. The second-order valence-electron chi connectivity index (χ2n) is 5.21. The first-order valence-corrected chi connectivity index (χ1v) is 7.10. The minimum Gasteiger partial charge on any atom is -0.341 e. The summed E-state index contributed by atoms with van der Waals surface area (Å²) in [5.41, 5.74) is 2.10. The van der Waals surface area contributed by atoms with E-state index in [-0.39, 0.29) is 11.8 Å². The van der Waals surface area contributed by atoms with Gasteiger partial charge in [-0.25, -0.2) is 0 Å².